The summed E-state index contributed by atoms with van der Waals surface area (Å²) in [6.45, 7) is 3.20. The number of benzene rings is 2. The highest BCUT2D eigenvalue weighted by molar-refractivity contribution is 6.46. The Morgan fingerprint density at radius 3 is 2.53 bits per heavy atom. The molecular weight excluding hydrogens is 386 g/mol. The molecule has 2 aromatic carbocycles. The summed E-state index contributed by atoms with van der Waals surface area (Å²) < 4.78 is 10.5. The predicted octanol–water partition coefficient (Wildman–Crippen LogP) is 3.25. The van der Waals surface area contributed by atoms with Crippen LogP contribution in [0.3, 0.4) is 0 Å². The Bertz CT molecular complexity index is 950. The van der Waals surface area contributed by atoms with Gasteiger partial charge in [0, 0.05) is 25.3 Å². The zero-order valence-corrected chi connectivity index (χ0v) is 17.0. The van der Waals surface area contributed by atoms with Crippen LogP contribution in [0.1, 0.15) is 30.5 Å². The van der Waals surface area contributed by atoms with Gasteiger partial charge in [0.05, 0.1) is 18.7 Å². The third kappa shape index (κ3) is 4.31. The molecule has 1 saturated heterocycles. The van der Waals surface area contributed by atoms with Crippen LogP contribution in [0, 0.1) is 0 Å². The number of aliphatic hydroxyl groups is 1. The highest BCUT2D eigenvalue weighted by Gasteiger charge is 2.45. The van der Waals surface area contributed by atoms with Crippen LogP contribution in [-0.4, -0.2) is 53.7 Å². The van der Waals surface area contributed by atoms with E-state index in [9.17, 15) is 19.8 Å². The molecule has 1 amide bonds. The third-order valence-corrected chi connectivity index (χ3v) is 4.98. The molecule has 0 radical (unpaired) electrons. The second-order valence-electron chi connectivity index (χ2n) is 6.87. The topological polar surface area (TPSA) is 96.3 Å². The molecular formula is C23H25NO6. The molecule has 0 saturated carbocycles. The number of Topliss-reactive ketones (excluding diaryl/α,β-unsaturated/α-hetero) is 1. The van der Waals surface area contributed by atoms with Crippen molar-refractivity contribution in [2.24, 2.45) is 0 Å². The summed E-state index contributed by atoms with van der Waals surface area (Å²) in [5, 5.41) is 20.6. The van der Waals surface area contributed by atoms with E-state index in [1.165, 1.54) is 24.1 Å². The number of carbonyl (C=O) groups is 2. The minimum atomic E-state index is -0.765. The van der Waals surface area contributed by atoms with Crippen molar-refractivity contribution in [1.29, 1.82) is 0 Å². The molecule has 0 aliphatic carbocycles. The molecule has 3 rings (SSSR count). The first-order valence-corrected chi connectivity index (χ1v) is 9.77. The van der Waals surface area contributed by atoms with E-state index < -0.39 is 17.7 Å². The number of hydrogen-bond donors (Lipinski definition) is 2. The summed E-state index contributed by atoms with van der Waals surface area (Å²) in [6, 6.07) is 12.2. The van der Waals surface area contributed by atoms with Crippen molar-refractivity contribution < 1.29 is 29.3 Å². The molecule has 1 fully saturated rings. The maximum absolute atomic E-state index is 12.9. The van der Waals surface area contributed by atoms with Crippen molar-refractivity contribution in [1.82, 2.24) is 4.90 Å². The number of amides is 1. The number of hydrogen-bond acceptors (Lipinski definition) is 6. The minimum absolute atomic E-state index is 0.00959. The quantitative estimate of drug-likeness (QED) is 0.300. The molecule has 2 N–H and O–H groups in total. The molecule has 1 heterocycles. The Morgan fingerprint density at radius 1 is 1.13 bits per heavy atom. The van der Waals surface area contributed by atoms with Crippen molar-refractivity contribution in [2.75, 3.05) is 26.9 Å². The Kier molecular flexibility index (Phi) is 6.74. The fraction of sp³-hybridized carbons (Fsp3) is 0.304. The zero-order valence-electron chi connectivity index (χ0n) is 17.0. The van der Waals surface area contributed by atoms with Gasteiger partial charge in [-0.05, 0) is 43.2 Å². The van der Waals surface area contributed by atoms with Gasteiger partial charge in [0.2, 0.25) is 0 Å². The average molecular weight is 411 g/mol. The van der Waals surface area contributed by atoms with Gasteiger partial charge < -0.3 is 24.6 Å². The van der Waals surface area contributed by atoms with E-state index in [0.717, 1.165) is 0 Å². The molecule has 0 bridgehead atoms. The van der Waals surface area contributed by atoms with E-state index >= 15 is 0 Å². The van der Waals surface area contributed by atoms with Gasteiger partial charge in [0.15, 0.2) is 0 Å². The monoisotopic (exact) mass is 411 g/mol. The van der Waals surface area contributed by atoms with Crippen molar-refractivity contribution >= 4 is 17.4 Å². The number of ether oxygens (including phenoxy) is 2. The second kappa shape index (κ2) is 9.45. The first-order valence-electron chi connectivity index (χ1n) is 9.77. The van der Waals surface area contributed by atoms with Crippen LogP contribution >= 0.6 is 0 Å². The van der Waals surface area contributed by atoms with Crippen molar-refractivity contribution in [3.05, 3.63) is 65.2 Å². The Labute approximate surface area is 175 Å². The first kappa shape index (κ1) is 21.4. The van der Waals surface area contributed by atoms with Gasteiger partial charge in [-0.1, -0.05) is 24.3 Å². The number of phenolic OH excluding ortho intramolecular Hbond substituents is 1. The fourth-order valence-corrected chi connectivity index (χ4v) is 3.52. The highest BCUT2D eigenvalue weighted by Crippen LogP contribution is 2.40. The van der Waals surface area contributed by atoms with Crippen LogP contribution in [0.25, 0.3) is 5.76 Å². The SMILES string of the molecule is CCOCCCN1C(=O)C(=O)/C(=C(/O)c2cccc(OC)c2)C1c1ccc(O)cc1. The Hall–Kier alpha value is -3.32. The number of likely N-dealkylation sites (tertiary alicyclic amines) is 1. The summed E-state index contributed by atoms with van der Waals surface area (Å²) in [4.78, 5) is 27.2. The summed E-state index contributed by atoms with van der Waals surface area (Å²) in [5.74, 6) is -1.09. The average Bonchev–Trinajstić information content (AvgIpc) is 3.01. The van der Waals surface area contributed by atoms with Gasteiger partial charge in [-0.25, -0.2) is 0 Å². The zero-order chi connectivity index (χ0) is 21.7. The Balaban J connectivity index is 2.07. The van der Waals surface area contributed by atoms with Crippen LogP contribution in [0.5, 0.6) is 11.5 Å². The van der Waals surface area contributed by atoms with Crippen LogP contribution in [0.2, 0.25) is 0 Å². The number of aromatic hydroxyl groups is 1. The van der Waals surface area contributed by atoms with Gasteiger partial charge in [0.1, 0.15) is 17.3 Å². The highest BCUT2D eigenvalue weighted by atomic mass is 16.5. The maximum Gasteiger partial charge on any atom is 0.295 e. The second-order valence-corrected chi connectivity index (χ2v) is 6.87. The van der Waals surface area contributed by atoms with Crippen LogP contribution in [-0.2, 0) is 14.3 Å². The number of rotatable bonds is 8. The molecule has 7 nitrogen and oxygen atoms in total. The molecule has 1 aliphatic heterocycles. The van der Waals surface area contributed by atoms with E-state index in [4.69, 9.17) is 9.47 Å². The van der Waals surface area contributed by atoms with E-state index in [2.05, 4.69) is 0 Å². The van der Waals surface area contributed by atoms with Gasteiger partial charge in [-0.2, -0.15) is 0 Å². The largest absolute Gasteiger partial charge is 0.508 e. The summed E-state index contributed by atoms with van der Waals surface area (Å²) in [7, 11) is 1.51. The van der Waals surface area contributed by atoms with Gasteiger partial charge in [0.25, 0.3) is 11.7 Å². The van der Waals surface area contributed by atoms with Gasteiger partial charge >= 0.3 is 0 Å². The van der Waals surface area contributed by atoms with E-state index in [0.29, 0.717) is 43.1 Å². The van der Waals surface area contributed by atoms with Gasteiger partial charge in [-0.15, -0.1) is 0 Å². The number of carbonyl (C=O) groups excluding carboxylic acids is 2. The van der Waals surface area contributed by atoms with E-state index in [-0.39, 0.29) is 17.1 Å². The lowest BCUT2D eigenvalue weighted by molar-refractivity contribution is -0.140. The lowest BCUT2D eigenvalue weighted by atomic mass is 9.95. The number of aliphatic hydroxyl groups excluding tert-OH is 1. The Morgan fingerprint density at radius 2 is 1.87 bits per heavy atom. The smallest absolute Gasteiger partial charge is 0.295 e. The van der Waals surface area contributed by atoms with Crippen LogP contribution in [0.4, 0.5) is 0 Å². The molecule has 1 atom stereocenters. The molecule has 158 valence electrons. The number of ketones is 1. The lowest BCUT2D eigenvalue weighted by Crippen LogP contribution is -2.31. The normalized spacial score (nSPS) is 18.1. The number of methoxy groups -OCH3 is 1. The molecule has 0 aromatic heterocycles. The first-order chi connectivity index (χ1) is 14.5. The molecule has 0 spiro atoms. The predicted molar refractivity (Wildman–Crippen MR) is 111 cm³/mol. The molecule has 1 unspecified atom stereocenters. The summed E-state index contributed by atoms with van der Waals surface area (Å²) in [5.41, 5.74) is 1.01. The summed E-state index contributed by atoms with van der Waals surface area (Å²) in [6.07, 6.45) is 0.550. The summed E-state index contributed by atoms with van der Waals surface area (Å²) >= 11 is 0. The van der Waals surface area contributed by atoms with E-state index in [1.54, 1.807) is 36.4 Å². The molecule has 30 heavy (non-hydrogen) atoms. The number of nitrogens with zero attached hydrogens (tertiary/aromatic N) is 1. The third-order valence-electron chi connectivity index (χ3n) is 4.98. The van der Waals surface area contributed by atoms with Gasteiger partial charge in [-0.3, -0.25) is 9.59 Å². The lowest BCUT2D eigenvalue weighted by Gasteiger charge is -2.25. The minimum Gasteiger partial charge on any atom is -0.508 e. The van der Waals surface area contributed by atoms with Crippen molar-refractivity contribution in [2.45, 2.75) is 19.4 Å². The van der Waals surface area contributed by atoms with Crippen LogP contribution in [0.15, 0.2) is 54.1 Å². The fourth-order valence-electron chi connectivity index (χ4n) is 3.52. The van der Waals surface area contributed by atoms with Crippen LogP contribution < -0.4 is 4.74 Å². The van der Waals surface area contributed by atoms with E-state index in [1.807, 2.05) is 6.92 Å². The van der Waals surface area contributed by atoms with Crippen molar-refractivity contribution in [3.8, 4) is 11.5 Å². The molecule has 1 aliphatic rings. The van der Waals surface area contributed by atoms with Crippen molar-refractivity contribution in [3.63, 3.8) is 0 Å². The molecule has 7 heteroatoms. The number of phenols is 1. The maximum atomic E-state index is 12.9. The standard InChI is InChI=1S/C23H25NO6/c1-3-30-13-5-12-24-20(15-8-10-17(25)11-9-15)19(22(27)23(24)28)21(26)16-6-4-7-18(14-16)29-2/h4,6-11,14,20,25-26H,3,5,12-13H2,1-2H3/b21-19+. The molecule has 2 aromatic rings.